The molecule has 102 valence electrons. The maximum absolute atomic E-state index is 5.32. The standard InChI is InChI=1S/C13H18N4S2/c1-4-16(8-10(2)3)9-17-13(18)14-12(15-17)11-6-5-7-19-11/h5-7H,2,4,8-9H2,1,3H3,(H,14,15,18)/p+1. The lowest BCUT2D eigenvalue weighted by Crippen LogP contribution is -3.11. The van der Waals surface area contributed by atoms with E-state index in [2.05, 4.69) is 30.5 Å². The van der Waals surface area contributed by atoms with Gasteiger partial charge in [-0.3, -0.25) is 5.10 Å². The summed E-state index contributed by atoms with van der Waals surface area (Å²) < 4.78 is 2.54. The van der Waals surface area contributed by atoms with Crippen molar-refractivity contribution in [1.82, 2.24) is 14.8 Å². The van der Waals surface area contributed by atoms with Gasteiger partial charge in [-0.1, -0.05) is 12.6 Å². The second-order valence-corrected chi connectivity index (χ2v) is 5.97. The zero-order valence-electron chi connectivity index (χ0n) is 11.3. The third-order valence-corrected chi connectivity index (χ3v) is 4.06. The summed E-state index contributed by atoms with van der Waals surface area (Å²) >= 11 is 6.98. The van der Waals surface area contributed by atoms with Crippen molar-refractivity contribution in [3.05, 3.63) is 34.4 Å². The van der Waals surface area contributed by atoms with Crippen molar-refractivity contribution in [2.45, 2.75) is 20.5 Å². The molecule has 6 heteroatoms. The number of likely N-dealkylation sites (N-methyl/N-ethyl adjacent to an activating group) is 1. The zero-order chi connectivity index (χ0) is 13.8. The highest BCUT2D eigenvalue weighted by Gasteiger charge is 2.11. The SMILES string of the molecule is C=C(C)C[NH+](CC)Cn1[nH]c(-c2cccs2)nc1=S. The Morgan fingerprint density at radius 1 is 1.63 bits per heavy atom. The molecule has 1 unspecified atom stereocenters. The lowest BCUT2D eigenvalue weighted by Gasteiger charge is -2.17. The molecule has 0 spiro atoms. The van der Waals surface area contributed by atoms with Gasteiger partial charge >= 0.3 is 0 Å². The average molecular weight is 295 g/mol. The molecule has 0 fully saturated rings. The maximum Gasteiger partial charge on any atom is 0.221 e. The summed E-state index contributed by atoms with van der Waals surface area (Å²) in [4.78, 5) is 6.94. The second-order valence-electron chi connectivity index (χ2n) is 4.66. The van der Waals surface area contributed by atoms with Crippen molar-refractivity contribution in [2.24, 2.45) is 0 Å². The summed E-state index contributed by atoms with van der Waals surface area (Å²) in [5, 5.41) is 5.32. The van der Waals surface area contributed by atoms with Crippen molar-refractivity contribution in [3.63, 3.8) is 0 Å². The highest BCUT2D eigenvalue weighted by atomic mass is 32.1. The molecule has 2 aromatic heterocycles. The highest BCUT2D eigenvalue weighted by molar-refractivity contribution is 7.71. The fourth-order valence-electron chi connectivity index (χ4n) is 1.93. The largest absolute Gasteiger partial charge is 0.313 e. The van der Waals surface area contributed by atoms with E-state index in [0.717, 1.165) is 30.5 Å². The number of quaternary nitrogens is 1. The van der Waals surface area contributed by atoms with Crippen LogP contribution in [0.1, 0.15) is 13.8 Å². The molecular formula is C13H19N4S2+. The number of hydrogen-bond donors (Lipinski definition) is 2. The minimum absolute atomic E-state index is 0.607. The smallest absolute Gasteiger partial charge is 0.221 e. The minimum atomic E-state index is 0.607. The Hall–Kier alpha value is -1.24. The molecule has 1 atom stereocenters. The molecular weight excluding hydrogens is 276 g/mol. The molecule has 0 bridgehead atoms. The van der Waals surface area contributed by atoms with Gasteiger partial charge in [0.2, 0.25) is 4.77 Å². The molecule has 0 aromatic carbocycles. The van der Waals surface area contributed by atoms with Gasteiger partial charge in [0.25, 0.3) is 0 Å². The Morgan fingerprint density at radius 2 is 2.42 bits per heavy atom. The fourth-order valence-corrected chi connectivity index (χ4v) is 2.80. The third-order valence-electron chi connectivity index (χ3n) is 2.87. The van der Waals surface area contributed by atoms with E-state index in [1.54, 1.807) is 11.3 Å². The Labute approximate surface area is 122 Å². The summed E-state index contributed by atoms with van der Waals surface area (Å²) in [6.45, 7) is 11.0. The predicted octanol–water partition coefficient (Wildman–Crippen LogP) is 2.11. The van der Waals surface area contributed by atoms with E-state index in [1.165, 1.54) is 10.5 Å². The molecule has 19 heavy (non-hydrogen) atoms. The number of aromatic amines is 1. The van der Waals surface area contributed by atoms with Crippen LogP contribution >= 0.6 is 23.6 Å². The summed E-state index contributed by atoms with van der Waals surface area (Å²) in [5.41, 5.74) is 1.18. The Kier molecular flexibility index (Phi) is 4.68. The van der Waals surface area contributed by atoms with Crippen molar-refractivity contribution < 1.29 is 4.90 Å². The van der Waals surface area contributed by atoms with E-state index in [1.807, 2.05) is 22.2 Å². The van der Waals surface area contributed by atoms with Crippen LogP contribution in [0.15, 0.2) is 29.7 Å². The molecule has 2 heterocycles. The van der Waals surface area contributed by atoms with E-state index < -0.39 is 0 Å². The number of thiophene rings is 1. The van der Waals surface area contributed by atoms with Gasteiger partial charge in [-0.05, 0) is 43.1 Å². The number of nitrogens with zero attached hydrogens (tertiary/aromatic N) is 2. The van der Waals surface area contributed by atoms with E-state index in [4.69, 9.17) is 12.2 Å². The predicted molar refractivity (Wildman–Crippen MR) is 81.9 cm³/mol. The van der Waals surface area contributed by atoms with E-state index >= 15 is 0 Å². The first-order chi connectivity index (χ1) is 9.10. The second kappa shape index (κ2) is 6.27. The molecule has 0 saturated heterocycles. The quantitative estimate of drug-likeness (QED) is 0.633. The van der Waals surface area contributed by atoms with Gasteiger partial charge in [-0.25, -0.2) is 4.68 Å². The van der Waals surface area contributed by atoms with Gasteiger partial charge in [-0.15, -0.1) is 11.3 Å². The van der Waals surface area contributed by atoms with Crippen molar-refractivity contribution in [3.8, 4) is 10.7 Å². The van der Waals surface area contributed by atoms with Gasteiger partial charge in [0, 0.05) is 0 Å². The Balaban J connectivity index is 2.17. The van der Waals surface area contributed by atoms with Crippen LogP contribution in [0.25, 0.3) is 10.7 Å². The first-order valence-corrected chi connectivity index (χ1v) is 7.57. The lowest BCUT2D eigenvalue weighted by molar-refractivity contribution is -0.917. The number of hydrogen-bond acceptors (Lipinski definition) is 3. The van der Waals surface area contributed by atoms with Crippen LogP contribution in [0.3, 0.4) is 0 Å². The summed E-state index contributed by atoms with van der Waals surface area (Å²) in [5.74, 6) is 0.853. The van der Waals surface area contributed by atoms with Crippen molar-refractivity contribution in [2.75, 3.05) is 13.1 Å². The Morgan fingerprint density at radius 3 is 3.00 bits per heavy atom. The number of nitrogens with one attached hydrogen (secondary N) is 2. The van der Waals surface area contributed by atoms with Gasteiger partial charge < -0.3 is 4.90 Å². The van der Waals surface area contributed by atoms with Crippen molar-refractivity contribution >= 4 is 23.6 Å². The van der Waals surface area contributed by atoms with E-state index in [-0.39, 0.29) is 0 Å². The molecule has 0 aliphatic heterocycles. The van der Waals surface area contributed by atoms with Crippen LogP contribution in [-0.2, 0) is 6.67 Å². The molecule has 4 nitrogen and oxygen atoms in total. The molecule has 0 aliphatic rings. The van der Waals surface area contributed by atoms with Gasteiger partial charge in [-0.2, -0.15) is 4.98 Å². The fraction of sp³-hybridized carbons (Fsp3) is 0.385. The first-order valence-electron chi connectivity index (χ1n) is 6.28. The molecule has 0 aliphatic carbocycles. The monoisotopic (exact) mass is 295 g/mol. The Bertz CT molecular complexity index is 594. The summed E-state index contributed by atoms with van der Waals surface area (Å²) in [6.07, 6.45) is 0. The average Bonchev–Trinajstić information content (AvgIpc) is 2.98. The molecule has 0 saturated carbocycles. The minimum Gasteiger partial charge on any atom is -0.313 e. The molecule has 2 aromatic rings. The highest BCUT2D eigenvalue weighted by Crippen LogP contribution is 2.20. The molecule has 0 radical (unpaired) electrons. The first kappa shape index (κ1) is 14.2. The molecule has 2 N–H and O–H groups in total. The number of H-pyrrole nitrogens is 1. The topological polar surface area (TPSA) is 38.0 Å². The van der Waals surface area contributed by atoms with Crippen molar-refractivity contribution in [1.29, 1.82) is 0 Å². The lowest BCUT2D eigenvalue weighted by atomic mass is 10.3. The van der Waals surface area contributed by atoms with Gasteiger partial charge in [0.05, 0.1) is 18.0 Å². The van der Waals surface area contributed by atoms with Crippen LogP contribution in [0.2, 0.25) is 0 Å². The number of aromatic nitrogens is 3. The van der Waals surface area contributed by atoms with E-state index in [9.17, 15) is 0 Å². The van der Waals surface area contributed by atoms with E-state index in [0.29, 0.717) is 4.77 Å². The molecule has 2 rings (SSSR count). The zero-order valence-corrected chi connectivity index (χ0v) is 12.9. The van der Waals surface area contributed by atoms with Gasteiger partial charge in [0.15, 0.2) is 12.5 Å². The number of rotatable bonds is 6. The van der Waals surface area contributed by atoms with Crippen LogP contribution in [-0.4, -0.2) is 27.9 Å². The van der Waals surface area contributed by atoms with Crippen LogP contribution in [0, 0.1) is 4.77 Å². The molecule has 0 amide bonds. The third kappa shape index (κ3) is 3.62. The summed E-state index contributed by atoms with van der Waals surface area (Å²) in [7, 11) is 0. The van der Waals surface area contributed by atoms with Crippen LogP contribution in [0.5, 0.6) is 0 Å². The van der Waals surface area contributed by atoms with Crippen LogP contribution in [0.4, 0.5) is 0 Å². The van der Waals surface area contributed by atoms with Crippen LogP contribution < -0.4 is 4.90 Å². The maximum atomic E-state index is 5.32. The normalized spacial score (nSPS) is 12.5. The van der Waals surface area contributed by atoms with Gasteiger partial charge in [0.1, 0.15) is 0 Å². The summed E-state index contributed by atoms with van der Waals surface area (Å²) in [6, 6.07) is 4.06.